The number of likely N-dealkylation sites (tertiary alicyclic amines) is 1. The molecule has 340 valence electrons. The summed E-state index contributed by atoms with van der Waals surface area (Å²) in [6.07, 6.45) is 3.01. The zero-order valence-electron chi connectivity index (χ0n) is 35.8. The number of sulfone groups is 2. The summed E-state index contributed by atoms with van der Waals surface area (Å²) in [6.45, 7) is 14.8. The number of nitrogens with zero attached hydrogens (tertiary/aromatic N) is 7. The fraction of sp³-hybridized carbons (Fsp3) is 0.737. The van der Waals surface area contributed by atoms with E-state index >= 15 is 0 Å². The third-order valence-corrected chi connectivity index (χ3v) is 16.1. The number of carbonyl (C=O) groups excluding carboxylic acids is 1. The Labute approximate surface area is 356 Å². The van der Waals surface area contributed by atoms with Crippen LogP contribution < -0.4 is 24.6 Å². The van der Waals surface area contributed by atoms with Gasteiger partial charge in [0.25, 0.3) is 5.91 Å². The number of carboxylic acids is 1. The minimum atomic E-state index is -3.58. The molecule has 4 saturated heterocycles. The van der Waals surface area contributed by atoms with Gasteiger partial charge < -0.3 is 54.3 Å². The van der Waals surface area contributed by atoms with Gasteiger partial charge in [0, 0.05) is 32.1 Å². The van der Waals surface area contributed by atoms with Crippen LogP contribution in [0.25, 0.3) is 0 Å². The van der Waals surface area contributed by atoms with Gasteiger partial charge in [0.1, 0.15) is 34.1 Å². The number of rotatable bonds is 6. The molecule has 0 spiro atoms. The molecule has 4 N–H and O–H groups in total. The fourth-order valence-corrected chi connectivity index (χ4v) is 8.71. The van der Waals surface area contributed by atoms with Gasteiger partial charge in [-0.1, -0.05) is 0 Å². The first kappa shape index (κ1) is 46.5. The van der Waals surface area contributed by atoms with Crippen LogP contribution in [-0.4, -0.2) is 184 Å². The van der Waals surface area contributed by atoms with Gasteiger partial charge in [-0.25, -0.2) is 41.6 Å². The van der Waals surface area contributed by atoms with E-state index in [4.69, 9.17) is 24.1 Å². The van der Waals surface area contributed by atoms with Gasteiger partial charge in [-0.15, -0.1) is 0 Å². The van der Waals surface area contributed by atoms with Crippen LogP contribution in [0.15, 0.2) is 0 Å². The Morgan fingerprint density at radius 3 is 1.56 bits per heavy atom. The molecule has 61 heavy (non-hydrogen) atoms. The molecule has 6 atom stereocenters. The van der Waals surface area contributed by atoms with E-state index in [1.165, 1.54) is 18.7 Å². The molecule has 8 heterocycles. The van der Waals surface area contributed by atoms with Crippen LogP contribution in [0, 0.1) is 0 Å². The minimum absolute atomic E-state index is 0.0212. The lowest BCUT2D eigenvalue weighted by atomic mass is 10.0. The molecule has 0 aromatic carbocycles. The van der Waals surface area contributed by atoms with Crippen LogP contribution in [0.2, 0.25) is 0 Å². The molecule has 23 heteroatoms. The Morgan fingerprint density at radius 1 is 0.705 bits per heavy atom. The van der Waals surface area contributed by atoms with E-state index in [0.29, 0.717) is 70.0 Å². The predicted octanol–water partition coefficient (Wildman–Crippen LogP) is -0.270. The maximum Gasteiger partial charge on any atom is 0.374 e. The van der Waals surface area contributed by atoms with E-state index in [9.17, 15) is 36.6 Å². The maximum absolute atomic E-state index is 13.1. The lowest BCUT2D eigenvalue weighted by Crippen LogP contribution is -2.56. The average Bonchev–Trinajstić information content (AvgIpc) is 3.86. The van der Waals surface area contributed by atoms with Crippen molar-refractivity contribution >= 4 is 43.2 Å². The lowest BCUT2D eigenvalue weighted by Gasteiger charge is -2.45. The Kier molecular flexibility index (Phi) is 13.4. The second kappa shape index (κ2) is 17.6. The van der Waals surface area contributed by atoms with Crippen LogP contribution in [0.1, 0.15) is 87.0 Å². The number of hydrogen-bond acceptors (Lipinski definition) is 19. The van der Waals surface area contributed by atoms with E-state index in [1.807, 2.05) is 23.6 Å². The van der Waals surface area contributed by atoms with E-state index in [-0.39, 0.29) is 59.8 Å². The Morgan fingerprint density at radius 2 is 1.18 bits per heavy atom. The number of ether oxygens (including phenoxy) is 4. The molecule has 1 amide bonds. The largest absolute Gasteiger partial charge is 0.486 e. The number of aromatic nitrogens is 4. The number of β-amino-alcohol motifs (C(OH)–C–C–N with tert-alkyl or cyclic N) is 2. The summed E-state index contributed by atoms with van der Waals surface area (Å²) in [5, 5.41) is 30.9. The molecule has 0 radical (unpaired) electrons. The van der Waals surface area contributed by atoms with Gasteiger partial charge in [-0.05, 0) is 60.9 Å². The number of hydrogen-bond donors (Lipinski definition) is 4. The van der Waals surface area contributed by atoms with Gasteiger partial charge >= 0.3 is 5.97 Å². The van der Waals surface area contributed by atoms with E-state index in [0.717, 1.165) is 32.0 Å². The summed E-state index contributed by atoms with van der Waals surface area (Å²) in [5.74, 6) is -1.03. The molecule has 6 aliphatic heterocycles. The lowest BCUT2D eigenvalue weighted by molar-refractivity contribution is 0.0479. The van der Waals surface area contributed by atoms with Crippen molar-refractivity contribution in [3.63, 3.8) is 0 Å². The molecule has 4 fully saturated rings. The van der Waals surface area contributed by atoms with Gasteiger partial charge in [0.2, 0.25) is 11.6 Å². The van der Waals surface area contributed by atoms with Crippen molar-refractivity contribution in [1.82, 2.24) is 30.2 Å². The second-order valence-corrected chi connectivity index (χ2v) is 22.5. The molecule has 0 unspecified atom stereocenters. The third kappa shape index (κ3) is 9.37. The number of fused-ring (bicyclic) bond motifs is 6. The standard InChI is InChI=1S/C19H28N4O6S.C15H21N3O6S.C4H9NO/c1-11-8-28-9-12-10-29-14-15(19(2,3)30(4,26)27)20-16(21-17(14)23(11)12)18(25)22-6-5-13(24)7-22;1-8-5-23-6-9-7-24-10-11(15(2,3)25(4,21)22)16-12(14(19)20)17-13(10)18(8)9;6-4-1-2-5-3-4/h11-13,24H,5-10H2,1-4H3;8-9H,5-7H2,1-4H3,(H,19,20);4-6H,1-3H2/t11-,12+,13+;8-,9+;4-/m110/s1. The average molecular weight is 899 g/mol. The van der Waals surface area contributed by atoms with Crippen molar-refractivity contribution in [3.8, 4) is 11.5 Å². The Balaban J connectivity index is 0.000000181. The molecule has 21 nitrogen and oxygen atoms in total. The topological polar surface area (TPSA) is 273 Å². The first-order valence-corrected chi connectivity index (χ1v) is 24.0. The van der Waals surface area contributed by atoms with Crippen LogP contribution in [0.5, 0.6) is 11.5 Å². The van der Waals surface area contributed by atoms with Crippen molar-refractivity contribution in [3.05, 3.63) is 23.0 Å². The third-order valence-electron chi connectivity index (χ3n) is 12.0. The zero-order chi connectivity index (χ0) is 44.8. The van der Waals surface area contributed by atoms with Crippen molar-refractivity contribution in [1.29, 1.82) is 0 Å². The number of anilines is 2. The normalized spacial score (nSPS) is 26.2. The summed E-state index contributed by atoms with van der Waals surface area (Å²) < 4.78 is 69.8. The van der Waals surface area contributed by atoms with Crippen LogP contribution in [0.4, 0.5) is 11.6 Å². The fourth-order valence-electron chi connectivity index (χ4n) is 7.73. The second-order valence-electron chi connectivity index (χ2n) is 17.3. The van der Waals surface area contributed by atoms with Crippen LogP contribution in [-0.2, 0) is 38.6 Å². The molecular weight excluding hydrogens is 841 g/mol. The number of amides is 1. The number of aliphatic hydroxyl groups is 2. The number of aliphatic hydroxyl groups excluding tert-OH is 2. The number of nitrogens with one attached hydrogen (secondary N) is 1. The number of carbonyl (C=O) groups is 2. The highest BCUT2D eigenvalue weighted by Crippen LogP contribution is 2.45. The summed E-state index contributed by atoms with van der Waals surface area (Å²) in [4.78, 5) is 47.2. The highest BCUT2D eigenvalue weighted by Gasteiger charge is 2.46. The maximum atomic E-state index is 13.1. The van der Waals surface area contributed by atoms with Gasteiger partial charge in [0.05, 0.1) is 62.8 Å². The molecule has 8 rings (SSSR count). The first-order valence-electron chi connectivity index (χ1n) is 20.2. The SMILES string of the molecule is C[C@@H]1COC[C@H]2COc3c(nc(C(=O)N4CC[C@H](O)C4)nc3C(C)(C)S(C)(=O)=O)N21.C[C@@H]1COC[C@H]2COc3c(nc(C(=O)O)nc3C(C)(C)S(C)(=O)=O)N21.O[C@H]1CCNC1. The van der Waals surface area contributed by atoms with E-state index in [2.05, 4.69) is 25.3 Å². The van der Waals surface area contributed by atoms with Crippen molar-refractivity contribution in [2.24, 2.45) is 0 Å². The number of aromatic carboxylic acids is 1. The van der Waals surface area contributed by atoms with Crippen LogP contribution >= 0.6 is 0 Å². The zero-order valence-corrected chi connectivity index (χ0v) is 37.5. The molecule has 6 aliphatic rings. The molecule has 2 aromatic rings. The molecule has 0 saturated carbocycles. The molecule has 0 bridgehead atoms. The van der Waals surface area contributed by atoms with Gasteiger partial charge in [-0.3, -0.25) is 4.79 Å². The van der Waals surface area contributed by atoms with Gasteiger partial charge in [0.15, 0.2) is 42.8 Å². The highest BCUT2D eigenvalue weighted by molar-refractivity contribution is 7.91. The number of carboxylic acid groups (broad SMARTS) is 1. The highest BCUT2D eigenvalue weighted by atomic mass is 32.2. The molecule has 2 aromatic heterocycles. The monoisotopic (exact) mass is 898 g/mol. The summed E-state index contributed by atoms with van der Waals surface area (Å²) >= 11 is 0. The minimum Gasteiger partial charge on any atom is -0.486 e. The van der Waals surface area contributed by atoms with Crippen molar-refractivity contribution in [2.45, 2.75) is 100 Å². The van der Waals surface area contributed by atoms with Crippen molar-refractivity contribution in [2.75, 3.05) is 88.1 Å². The Hall–Kier alpha value is -4.00. The molecule has 0 aliphatic carbocycles. The van der Waals surface area contributed by atoms with Crippen molar-refractivity contribution < 1.29 is 60.7 Å². The number of morpholine rings is 2. The Bertz CT molecular complexity index is 2200. The first-order chi connectivity index (χ1) is 28.4. The quantitative estimate of drug-likeness (QED) is 0.291. The van der Waals surface area contributed by atoms with Crippen LogP contribution in [0.3, 0.4) is 0 Å². The van der Waals surface area contributed by atoms with Gasteiger partial charge in [-0.2, -0.15) is 0 Å². The molecular formula is C38H58N8O13S2. The summed E-state index contributed by atoms with van der Waals surface area (Å²) in [6, 6.07) is -0.261. The van der Waals surface area contributed by atoms with E-state index in [1.54, 1.807) is 13.8 Å². The predicted molar refractivity (Wildman–Crippen MR) is 221 cm³/mol. The summed E-state index contributed by atoms with van der Waals surface area (Å²) in [5.41, 5.74) is 0.241. The summed E-state index contributed by atoms with van der Waals surface area (Å²) in [7, 11) is -7.16. The smallest absolute Gasteiger partial charge is 0.374 e. The van der Waals surface area contributed by atoms with E-state index < -0.39 is 53.0 Å².